The second kappa shape index (κ2) is 5.43. The van der Waals surface area contributed by atoms with E-state index in [0.29, 0.717) is 17.7 Å². The largest absolute Gasteiger partial charge is 0.355 e. The predicted octanol–water partition coefficient (Wildman–Crippen LogP) is 1.45. The quantitative estimate of drug-likeness (QED) is 0.854. The Hall–Kier alpha value is -2.18. The lowest BCUT2D eigenvalue weighted by Gasteiger charge is -2.32. The molecule has 1 amide bonds. The highest BCUT2D eigenvalue weighted by Gasteiger charge is 2.35. The normalized spacial score (nSPS) is 22.0. The van der Waals surface area contributed by atoms with Crippen molar-refractivity contribution in [3.8, 4) is 0 Å². The molecule has 0 radical (unpaired) electrons. The first-order valence-electron chi connectivity index (χ1n) is 9.06. The standard InChI is InChI=1S/C17H22N6O/c24-17(13-2-3-13)22-10-6-12(7-11-22)16-19-18-14-4-5-15(20-23(14)16)21-8-1-9-21/h4-5,12-13H,1-3,6-11H2. The summed E-state index contributed by atoms with van der Waals surface area (Å²) in [6, 6.07) is 4.03. The van der Waals surface area contributed by atoms with Crippen LogP contribution in [0, 0.1) is 5.92 Å². The molecular weight excluding hydrogens is 304 g/mol. The van der Waals surface area contributed by atoms with E-state index >= 15 is 0 Å². The molecule has 0 unspecified atom stereocenters. The van der Waals surface area contributed by atoms with Gasteiger partial charge in [0.1, 0.15) is 5.82 Å². The van der Waals surface area contributed by atoms with Gasteiger partial charge in [0.05, 0.1) is 0 Å². The monoisotopic (exact) mass is 326 g/mol. The summed E-state index contributed by atoms with van der Waals surface area (Å²) in [7, 11) is 0. The smallest absolute Gasteiger partial charge is 0.225 e. The van der Waals surface area contributed by atoms with Crippen LogP contribution in [0.1, 0.15) is 43.8 Å². The summed E-state index contributed by atoms with van der Waals surface area (Å²) in [6.45, 7) is 3.83. The molecule has 0 N–H and O–H groups in total. The minimum Gasteiger partial charge on any atom is -0.355 e. The lowest BCUT2D eigenvalue weighted by atomic mass is 9.96. The van der Waals surface area contributed by atoms with Crippen molar-refractivity contribution in [1.29, 1.82) is 0 Å². The molecule has 3 aliphatic rings. The van der Waals surface area contributed by atoms with Gasteiger partial charge in [0.2, 0.25) is 5.91 Å². The Kier molecular flexibility index (Phi) is 3.21. The SMILES string of the molecule is O=C(C1CC1)N1CCC(c2nnc3ccc(N4CCC4)nn23)CC1. The van der Waals surface area contributed by atoms with Gasteiger partial charge in [-0.1, -0.05) is 0 Å². The number of fused-ring (bicyclic) bond motifs is 1. The summed E-state index contributed by atoms with van der Waals surface area (Å²) in [5, 5.41) is 13.5. The summed E-state index contributed by atoms with van der Waals surface area (Å²) in [5.41, 5.74) is 0.811. The zero-order chi connectivity index (χ0) is 16.1. The number of rotatable bonds is 3. The van der Waals surface area contributed by atoms with Gasteiger partial charge in [0.15, 0.2) is 11.5 Å². The first-order chi connectivity index (χ1) is 11.8. The van der Waals surface area contributed by atoms with Crippen molar-refractivity contribution in [2.24, 2.45) is 5.92 Å². The number of carbonyl (C=O) groups excluding carboxylic acids is 1. The van der Waals surface area contributed by atoms with Crippen LogP contribution < -0.4 is 4.90 Å². The lowest BCUT2D eigenvalue weighted by molar-refractivity contribution is -0.133. The molecule has 0 spiro atoms. The van der Waals surface area contributed by atoms with E-state index in [0.717, 1.165) is 69.2 Å². The third kappa shape index (κ3) is 2.34. The second-order valence-electron chi connectivity index (χ2n) is 7.23. The van der Waals surface area contributed by atoms with Crippen molar-refractivity contribution in [2.75, 3.05) is 31.1 Å². The average molecular weight is 326 g/mol. The third-order valence-corrected chi connectivity index (χ3v) is 5.55. The number of hydrogen-bond donors (Lipinski definition) is 0. The predicted molar refractivity (Wildman–Crippen MR) is 88.9 cm³/mol. The van der Waals surface area contributed by atoms with Gasteiger partial charge in [0, 0.05) is 38.0 Å². The van der Waals surface area contributed by atoms with E-state index < -0.39 is 0 Å². The van der Waals surface area contributed by atoms with E-state index in [1.807, 2.05) is 21.5 Å². The summed E-state index contributed by atoms with van der Waals surface area (Å²) < 4.78 is 1.91. The van der Waals surface area contributed by atoms with Gasteiger partial charge in [-0.3, -0.25) is 4.79 Å². The van der Waals surface area contributed by atoms with Crippen LogP contribution in [0.25, 0.3) is 5.65 Å². The molecule has 2 aliphatic heterocycles. The molecule has 7 nitrogen and oxygen atoms in total. The van der Waals surface area contributed by atoms with Crippen LogP contribution in [-0.2, 0) is 4.79 Å². The number of carbonyl (C=O) groups is 1. The van der Waals surface area contributed by atoms with Gasteiger partial charge < -0.3 is 9.80 Å². The Bertz CT molecular complexity index is 770. The maximum atomic E-state index is 12.2. The van der Waals surface area contributed by atoms with Crippen LogP contribution in [0.5, 0.6) is 0 Å². The molecule has 24 heavy (non-hydrogen) atoms. The molecule has 0 atom stereocenters. The average Bonchev–Trinajstić information content (AvgIpc) is 3.33. The molecular formula is C17H22N6O. The van der Waals surface area contributed by atoms with Crippen molar-refractivity contribution in [3.63, 3.8) is 0 Å². The summed E-state index contributed by atoms with van der Waals surface area (Å²) >= 11 is 0. The molecule has 1 saturated carbocycles. The van der Waals surface area contributed by atoms with E-state index in [4.69, 9.17) is 5.10 Å². The first-order valence-corrected chi connectivity index (χ1v) is 9.06. The summed E-state index contributed by atoms with van der Waals surface area (Å²) in [5.74, 6) is 2.97. The van der Waals surface area contributed by atoms with E-state index in [1.54, 1.807) is 0 Å². The number of hydrogen-bond acceptors (Lipinski definition) is 5. The minimum absolute atomic E-state index is 0.316. The van der Waals surface area contributed by atoms with E-state index in [9.17, 15) is 4.79 Å². The number of nitrogens with zero attached hydrogens (tertiary/aromatic N) is 6. The fourth-order valence-electron chi connectivity index (χ4n) is 3.71. The van der Waals surface area contributed by atoms with Crippen LogP contribution in [0.2, 0.25) is 0 Å². The van der Waals surface area contributed by atoms with Crippen LogP contribution >= 0.6 is 0 Å². The van der Waals surface area contributed by atoms with Gasteiger partial charge in [0.25, 0.3) is 0 Å². The first kappa shape index (κ1) is 14.2. The number of anilines is 1. The fourth-order valence-corrected chi connectivity index (χ4v) is 3.71. The minimum atomic E-state index is 0.316. The summed E-state index contributed by atoms with van der Waals surface area (Å²) in [4.78, 5) is 16.5. The van der Waals surface area contributed by atoms with E-state index in [2.05, 4.69) is 15.1 Å². The van der Waals surface area contributed by atoms with E-state index in [1.165, 1.54) is 6.42 Å². The number of likely N-dealkylation sites (tertiary alicyclic amines) is 1. The van der Waals surface area contributed by atoms with Crippen molar-refractivity contribution in [1.82, 2.24) is 24.7 Å². The lowest BCUT2D eigenvalue weighted by Crippen LogP contribution is -2.39. The van der Waals surface area contributed by atoms with E-state index in [-0.39, 0.29) is 0 Å². The van der Waals surface area contributed by atoms with Crippen LogP contribution in [0.4, 0.5) is 5.82 Å². The molecule has 126 valence electrons. The Balaban J connectivity index is 1.35. The molecule has 4 heterocycles. The van der Waals surface area contributed by atoms with Crippen molar-refractivity contribution in [3.05, 3.63) is 18.0 Å². The highest BCUT2D eigenvalue weighted by atomic mass is 16.2. The Morgan fingerprint density at radius 1 is 1.00 bits per heavy atom. The van der Waals surface area contributed by atoms with Crippen LogP contribution in [0.15, 0.2) is 12.1 Å². The van der Waals surface area contributed by atoms with Crippen LogP contribution in [0.3, 0.4) is 0 Å². The van der Waals surface area contributed by atoms with Crippen molar-refractivity contribution < 1.29 is 4.79 Å². The Labute approximate surface area is 140 Å². The summed E-state index contributed by atoms with van der Waals surface area (Å²) in [6.07, 6.45) is 5.31. The highest BCUT2D eigenvalue weighted by molar-refractivity contribution is 5.81. The molecule has 3 fully saturated rings. The Morgan fingerprint density at radius 3 is 2.46 bits per heavy atom. The van der Waals surface area contributed by atoms with Gasteiger partial charge >= 0.3 is 0 Å². The van der Waals surface area contributed by atoms with Gasteiger partial charge in [-0.05, 0) is 44.2 Å². The molecule has 1 aliphatic carbocycles. The molecule has 7 heteroatoms. The van der Waals surface area contributed by atoms with Gasteiger partial charge in [-0.15, -0.1) is 15.3 Å². The topological polar surface area (TPSA) is 66.6 Å². The molecule has 0 aromatic carbocycles. The molecule has 0 bridgehead atoms. The fraction of sp³-hybridized carbons (Fsp3) is 0.647. The molecule has 5 rings (SSSR count). The van der Waals surface area contributed by atoms with Gasteiger partial charge in [-0.2, -0.15) is 4.52 Å². The number of piperidine rings is 1. The zero-order valence-electron chi connectivity index (χ0n) is 13.8. The third-order valence-electron chi connectivity index (χ3n) is 5.55. The molecule has 2 aromatic rings. The maximum Gasteiger partial charge on any atom is 0.225 e. The van der Waals surface area contributed by atoms with Crippen LogP contribution in [-0.4, -0.2) is 56.8 Å². The van der Waals surface area contributed by atoms with Gasteiger partial charge in [-0.25, -0.2) is 0 Å². The number of aromatic nitrogens is 4. The maximum absolute atomic E-state index is 12.2. The zero-order valence-corrected chi connectivity index (χ0v) is 13.8. The van der Waals surface area contributed by atoms with Crippen molar-refractivity contribution in [2.45, 2.75) is 38.0 Å². The Morgan fingerprint density at radius 2 is 1.79 bits per heavy atom. The highest BCUT2D eigenvalue weighted by Crippen LogP contribution is 2.34. The molecule has 2 aromatic heterocycles. The number of amides is 1. The molecule has 2 saturated heterocycles. The van der Waals surface area contributed by atoms with Crippen molar-refractivity contribution >= 4 is 17.4 Å². The second-order valence-corrected chi connectivity index (χ2v) is 7.23.